The molecule has 2 aromatic carbocycles. The predicted octanol–water partition coefficient (Wildman–Crippen LogP) is 3.66. The Morgan fingerprint density at radius 1 is 1.15 bits per heavy atom. The number of nitrogens with zero attached hydrogens (tertiary/aromatic N) is 1. The zero-order valence-corrected chi connectivity index (χ0v) is 12.6. The second-order valence-electron chi connectivity index (χ2n) is 4.53. The molecule has 0 aliphatic heterocycles. The molecule has 2 rings (SSSR count). The summed E-state index contributed by atoms with van der Waals surface area (Å²) in [6.07, 6.45) is 0. The van der Waals surface area contributed by atoms with Crippen LogP contribution in [-0.2, 0) is 9.84 Å². The first kappa shape index (κ1) is 14.6. The molecule has 0 aliphatic carbocycles. The average molecular weight is 306 g/mol. The summed E-state index contributed by atoms with van der Waals surface area (Å²) < 4.78 is 25.3. The molecule has 0 radical (unpaired) electrons. The minimum Gasteiger partial charge on any atom is -0.218 e. The van der Waals surface area contributed by atoms with E-state index < -0.39 is 9.84 Å². The quantitative estimate of drug-likeness (QED) is 0.850. The van der Waals surface area contributed by atoms with Crippen molar-refractivity contribution in [1.82, 2.24) is 0 Å². The topological polar surface area (TPSA) is 57.9 Å². The van der Waals surface area contributed by atoms with Crippen LogP contribution in [0.2, 0.25) is 5.02 Å². The van der Waals surface area contributed by atoms with Crippen LogP contribution >= 0.6 is 11.6 Å². The van der Waals surface area contributed by atoms with E-state index in [9.17, 15) is 13.7 Å². The lowest BCUT2D eigenvalue weighted by Crippen LogP contribution is -2.06. The van der Waals surface area contributed by atoms with E-state index >= 15 is 0 Å². The van der Waals surface area contributed by atoms with Crippen molar-refractivity contribution in [2.45, 2.75) is 23.6 Å². The fourth-order valence-corrected chi connectivity index (χ4v) is 3.96. The number of benzene rings is 2. The van der Waals surface area contributed by atoms with Crippen LogP contribution in [0.5, 0.6) is 0 Å². The van der Waals surface area contributed by atoms with E-state index in [0.717, 1.165) is 5.56 Å². The molecule has 0 N–H and O–H groups in total. The Morgan fingerprint density at radius 3 is 2.45 bits per heavy atom. The van der Waals surface area contributed by atoms with Crippen molar-refractivity contribution in [2.75, 3.05) is 0 Å². The fraction of sp³-hybridized carbons (Fsp3) is 0.133. The minimum atomic E-state index is -3.76. The van der Waals surface area contributed by atoms with Gasteiger partial charge in [-0.2, -0.15) is 5.26 Å². The first-order valence-electron chi connectivity index (χ1n) is 5.88. The summed E-state index contributed by atoms with van der Waals surface area (Å²) in [6.45, 7) is 3.48. The van der Waals surface area contributed by atoms with E-state index in [1.54, 1.807) is 38.1 Å². The number of nitriles is 1. The molecule has 0 unspecified atom stereocenters. The molecule has 0 amide bonds. The van der Waals surface area contributed by atoms with Gasteiger partial charge in [-0.3, -0.25) is 0 Å². The Labute approximate surface area is 123 Å². The molecule has 0 heterocycles. The summed E-state index contributed by atoms with van der Waals surface area (Å²) in [4.78, 5) is 0.117. The molecule has 0 atom stereocenters. The van der Waals surface area contributed by atoms with Gasteiger partial charge in [0.1, 0.15) is 6.07 Å². The van der Waals surface area contributed by atoms with Crippen molar-refractivity contribution >= 4 is 21.4 Å². The monoisotopic (exact) mass is 305 g/mol. The van der Waals surface area contributed by atoms with Gasteiger partial charge in [-0.25, -0.2) is 8.42 Å². The van der Waals surface area contributed by atoms with Crippen LogP contribution < -0.4 is 0 Å². The van der Waals surface area contributed by atoms with Gasteiger partial charge in [0.25, 0.3) is 0 Å². The second kappa shape index (κ2) is 5.28. The Morgan fingerprint density at radius 2 is 1.85 bits per heavy atom. The third kappa shape index (κ3) is 2.55. The van der Waals surface area contributed by atoms with Crippen LogP contribution in [-0.4, -0.2) is 8.42 Å². The molecule has 0 aliphatic rings. The lowest BCUT2D eigenvalue weighted by Gasteiger charge is -2.09. The van der Waals surface area contributed by atoms with Crippen molar-refractivity contribution in [1.29, 1.82) is 5.26 Å². The SMILES string of the molecule is Cc1cc(Cl)cc(S(=O)(=O)c2cccc(C)c2C#N)c1. The maximum atomic E-state index is 12.7. The molecule has 2 aromatic rings. The Kier molecular flexibility index (Phi) is 3.85. The summed E-state index contributed by atoms with van der Waals surface area (Å²) >= 11 is 5.92. The number of sulfone groups is 1. The van der Waals surface area contributed by atoms with Gasteiger partial charge in [-0.1, -0.05) is 23.7 Å². The standard InChI is InChI=1S/C15H12ClNO2S/c1-10-6-12(16)8-13(7-10)20(18,19)15-5-3-4-11(2)14(15)9-17/h3-8H,1-2H3. The highest BCUT2D eigenvalue weighted by Gasteiger charge is 2.22. The van der Waals surface area contributed by atoms with Crippen molar-refractivity contribution < 1.29 is 8.42 Å². The van der Waals surface area contributed by atoms with Gasteiger partial charge < -0.3 is 0 Å². The van der Waals surface area contributed by atoms with Crippen molar-refractivity contribution in [3.8, 4) is 6.07 Å². The van der Waals surface area contributed by atoms with E-state index in [2.05, 4.69) is 0 Å². The van der Waals surface area contributed by atoms with Crippen molar-refractivity contribution in [3.05, 3.63) is 58.1 Å². The molecule has 0 saturated heterocycles. The maximum Gasteiger partial charge on any atom is 0.207 e. The van der Waals surface area contributed by atoms with Crippen molar-refractivity contribution in [2.24, 2.45) is 0 Å². The Balaban J connectivity index is 2.74. The van der Waals surface area contributed by atoms with Crippen LogP contribution in [0.1, 0.15) is 16.7 Å². The zero-order chi connectivity index (χ0) is 14.9. The largest absolute Gasteiger partial charge is 0.218 e. The average Bonchev–Trinajstić information content (AvgIpc) is 2.37. The number of aryl methyl sites for hydroxylation is 2. The summed E-state index contributed by atoms with van der Waals surface area (Å²) in [5, 5.41) is 9.53. The molecule has 0 bridgehead atoms. The van der Waals surface area contributed by atoms with Crippen LogP contribution in [0.3, 0.4) is 0 Å². The number of hydrogen-bond acceptors (Lipinski definition) is 3. The Bertz CT molecular complexity index is 800. The van der Waals surface area contributed by atoms with Gasteiger partial charge in [0.15, 0.2) is 0 Å². The van der Waals surface area contributed by atoms with Gasteiger partial charge >= 0.3 is 0 Å². The molecular weight excluding hydrogens is 294 g/mol. The van der Waals surface area contributed by atoms with E-state index in [-0.39, 0.29) is 15.4 Å². The van der Waals surface area contributed by atoms with E-state index in [1.165, 1.54) is 12.1 Å². The number of halogens is 1. The van der Waals surface area contributed by atoms with Gasteiger partial charge in [0.2, 0.25) is 9.84 Å². The van der Waals surface area contributed by atoms with Gasteiger partial charge in [0.05, 0.1) is 15.4 Å². The highest BCUT2D eigenvalue weighted by Crippen LogP contribution is 2.28. The minimum absolute atomic E-state index is 0.0154. The van der Waals surface area contributed by atoms with Crippen LogP contribution in [0.4, 0.5) is 0 Å². The van der Waals surface area contributed by atoms with Crippen LogP contribution in [0, 0.1) is 25.2 Å². The maximum absolute atomic E-state index is 12.7. The Hall–Kier alpha value is -1.83. The molecular formula is C15H12ClNO2S. The zero-order valence-electron chi connectivity index (χ0n) is 11.0. The van der Waals surface area contributed by atoms with Gasteiger partial charge in [0, 0.05) is 5.02 Å². The molecule has 0 aromatic heterocycles. The lowest BCUT2D eigenvalue weighted by molar-refractivity contribution is 0.595. The first-order chi connectivity index (χ1) is 9.36. The summed E-state index contributed by atoms with van der Waals surface area (Å²) in [5.41, 5.74) is 1.56. The van der Waals surface area contributed by atoms with Gasteiger partial charge in [-0.05, 0) is 49.2 Å². The van der Waals surface area contributed by atoms with Gasteiger partial charge in [-0.15, -0.1) is 0 Å². The third-order valence-corrected chi connectivity index (χ3v) is 4.96. The molecule has 0 saturated carbocycles. The highest BCUT2D eigenvalue weighted by molar-refractivity contribution is 7.91. The van der Waals surface area contributed by atoms with E-state index in [1.807, 2.05) is 6.07 Å². The third-order valence-electron chi connectivity index (χ3n) is 2.96. The molecule has 3 nitrogen and oxygen atoms in total. The van der Waals surface area contributed by atoms with Crippen molar-refractivity contribution in [3.63, 3.8) is 0 Å². The second-order valence-corrected chi connectivity index (χ2v) is 6.88. The molecule has 0 spiro atoms. The first-order valence-corrected chi connectivity index (χ1v) is 7.74. The number of hydrogen-bond donors (Lipinski definition) is 0. The van der Waals surface area contributed by atoms with Crippen LogP contribution in [0.25, 0.3) is 0 Å². The smallest absolute Gasteiger partial charge is 0.207 e. The molecule has 5 heteroatoms. The van der Waals surface area contributed by atoms with E-state index in [0.29, 0.717) is 10.6 Å². The normalized spacial score (nSPS) is 11.1. The molecule has 102 valence electrons. The highest BCUT2D eigenvalue weighted by atomic mass is 35.5. The fourth-order valence-electron chi connectivity index (χ4n) is 1.99. The summed E-state index contributed by atoms with van der Waals surface area (Å²) in [5.74, 6) is 0. The molecule has 20 heavy (non-hydrogen) atoms. The van der Waals surface area contributed by atoms with E-state index in [4.69, 9.17) is 11.6 Å². The van der Waals surface area contributed by atoms with Crippen LogP contribution in [0.15, 0.2) is 46.2 Å². The summed E-state index contributed by atoms with van der Waals surface area (Å²) in [6, 6.07) is 11.4. The predicted molar refractivity (Wildman–Crippen MR) is 77.5 cm³/mol. The molecule has 0 fully saturated rings. The number of rotatable bonds is 2. The lowest BCUT2D eigenvalue weighted by atomic mass is 10.1. The summed E-state index contributed by atoms with van der Waals surface area (Å²) in [7, 11) is -3.76.